The van der Waals surface area contributed by atoms with Gasteiger partial charge >= 0.3 is 0 Å². The second-order valence-corrected chi connectivity index (χ2v) is 5.98. The molecule has 2 N–H and O–H groups in total. The Kier molecular flexibility index (Phi) is 7.92. The Balaban J connectivity index is 2.18. The summed E-state index contributed by atoms with van der Waals surface area (Å²) < 4.78 is 0. The van der Waals surface area contributed by atoms with Gasteiger partial charge in [0, 0.05) is 6.04 Å². The first-order valence-electron chi connectivity index (χ1n) is 8.05. The van der Waals surface area contributed by atoms with Crippen LogP contribution in [-0.4, -0.2) is 6.04 Å². The minimum absolute atomic E-state index is 0.488. The molecule has 0 saturated heterocycles. The van der Waals surface area contributed by atoms with Gasteiger partial charge in [0.15, 0.2) is 0 Å². The Morgan fingerprint density at radius 3 is 2.41 bits per heavy atom. The Morgan fingerprint density at radius 1 is 1.00 bits per heavy atom. The molecule has 1 saturated carbocycles. The van der Waals surface area contributed by atoms with Crippen LogP contribution in [0.15, 0.2) is 0 Å². The molecule has 1 nitrogen and oxygen atoms in total. The van der Waals surface area contributed by atoms with Gasteiger partial charge in [-0.05, 0) is 24.7 Å². The molecule has 1 rings (SSSR count). The van der Waals surface area contributed by atoms with E-state index in [-0.39, 0.29) is 0 Å². The lowest BCUT2D eigenvalue weighted by atomic mass is 9.73. The first-order chi connectivity index (χ1) is 8.29. The second-order valence-electron chi connectivity index (χ2n) is 5.98. The van der Waals surface area contributed by atoms with E-state index in [1.54, 1.807) is 0 Å². The van der Waals surface area contributed by atoms with E-state index in [0.29, 0.717) is 6.04 Å². The van der Waals surface area contributed by atoms with Crippen molar-refractivity contribution in [2.45, 2.75) is 90.5 Å². The van der Waals surface area contributed by atoms with E-state index in [1.807, 2.05) is 0 Å². The number of unbranched alkanes of at least 4 members (excludes halogenated alkanes) is 4. The summed E-state index contributed by atoms with van der Waals surface area (Å²) in [5, 5.41) is 0. The zero-order chi connectivity index (χ0) is 12.5. The molecule has 0 aromatic rings. The van der Waals surface area contributed by atoms with E-state index in [0.717, 1.165) is 11.8 Å². The Labute approximate surface area is 109 Å². The molecule has 0 radical (unpaired) electrons. The molecule has 1 aliphatic rings. The van der Waals surface area contributed by atoms with Gasteiger partial charge in [-0.3, -0.25) is 0 Å². The van der Waals surface area contributed by atoms with E-state index in [1.165, 1.54) is 70.6 Å². The van der Waals surface area contributed by atoms with Crippen molar-refractivity contribution < 1.29 is 0 Å². The number of hydrogen-bond donors (Lipinski definition) is 1. The van der Waals surface area contributed by atoms with Crippen LogP contribution in [0.4, 0.5) is 0 Å². The fraction of sp³-hybridized carbons (Fsp3) is 1.00. The van der Waals surface area contributed by atoms with Crippen molar-refractivity contribution in [1.29, 1.82) is 0 Å². The van der Waals surface area contributed by atoms with Crippen LogP contribution < -0.4 is 5.73 Å². The summed E-state index contributed by atoms with van der Waals surface area (Å²) in [6, 6.07) is 0.488. The molecule has 0 aromatic carbocycles. The molecule has 3 atom stereocenters. The molecule has 17 heavy (non-hydrogen) atoms. The van der Waals surface area contributed by atoms with Gasteiger partial charge in [0.05, 0.1) is 0 Å². The highest BCUT2D eigenvalue weighted by atomic mass is 14.7. The quantitative estimate of drug-likeness (QED) is 0.600. The van der Waals surface area contributed by atoms with E-state index in [9.17, 15) is 0 Å². The molecule has 0 bridgehead atoms. The van der Waals surface area contributed by atoms with E-state index in [2.05, 4.69) is 13.8 Å². The average molecular weight is 239 g/mol. The standard InChI is InChI=1S/C16H33N/c1-3-5-6-7-8-13-16(17)15-12-10-9-11-14(15)4-2/h14-16H,3-13,17H2,1-2H3. The zero-order valence-corrected chi connectivity index (χ0v) is 12.1. The number of nitrogens with two attached hydrogens (primary N) is 1. The molecule has 0 aliphatic heterocycles. The van der Waals surface area contributed by atoms with Gasteiger partial charge < -0.3 is 5.73 Å². The van der Waals surface area contributed by atoms with Gasteiger partial charge in [-0.1, -0.05) is 71.6 Å². The summed E-state index contributed by atoms with van der Waals surface area (Å²) in [4.78, 5) is 0. The number of hydrogen-bond acceptors (Lipinski definition) is 1. The fourth-order valence-electron chi connectivity index (χ4n) is 3.50. The van der Waals surface area contributed by atoms with Crippen LogP contribution in [-0.2, 0) is 0 Å². The van der Waals surface area contributed by atoms with Crippen LogP contribution in [0.25, 0.3) is 0 Å². The van der Waals surface area contributed by atoms with Crippen LogP contribution in [0.1, 0.15) is 84.5 Å². The molecule has 1 fully saturated rings. The van der Waals surface area contributed by atoms with Crippen LogP contribution in [0.5, 0.6) is 0 Å². The third-order valence-electron chi connectivity index (χ3n) is 4.68. The molecule has 0 spiro atoms. The van der Waals surface area contributed by atoms with Crippen molar-refractivity contribution in [3.05, 3.63) is 0 Å². The Bertz CT molecular complexity index is 178. The second kappa shape index (κ2) is 8.97. The summed E-state index contributed by atoms with van der Waals surface area (Å²) >= 11 is 0. The average Bonchev–Trinajstić information content (AvgIpc) is 2.38. The van der Waals surface area contributed by atoms with Crippen LogP contribution >= 0.6 is 0 Å². The van der Waals surface area contributed by atoms with E-state index < -0.39 is 0 Å². The monoisotopic (exact) mass is 239 g/mol. The highest BCUT2D eigenvalue weighted by Gasteiger charge is 2.28. The van der Waals surface area contributed by atoms with Gasteiger partial charge in [-0.2, -0.15) is 0 Å². The van der Waals surface area contributed by atoms with E-state index >= 15 is 0 Å². The lowest BCUT2D eigenvalue weighted by Crippen LogP contribution is -2.36. The molecule has 1 aliphatic carbocycles. The number of rotatable bonds is 8. The molecule has 1 heteroatoms. The van der Waals surface area contributed by atoms with Gasteiger partial charge in [0.25, 0.3) is 0 Å². The SMILES string of the molecule is CCCCCCCC(N)C1CCCCC1CC. The minimum atomic E-state index is 0.488. The van der Waals surface area contributed by atoms with Crippen molar-refractivity contribution in [2.24, 2.45) is 17.6 Å². The van der Waals surface area contributed by atoms with Gasteiger partial charge in [-0.25, -0.2) is 0 Å². The maximum absolute atomic E-state index is 6.43. The molecular weight excluding hydrogens is 206 g/mol. The largest absolute Gasteiger partial charge is 0.327 e. The van der Waals surface area contributed by atoms with Crippen LogP contribution in [0, 0.1) is 11.8 Å². The normalized spacial score (nSPS) is 27.0. The highest BCUT2D eigenvalue weighted by Crippen LogP contribution is 2.35. The minimum Gasteiger partial charge on any atom is -0.327 e. The molecule has 0 amide bonds. The predicted molar refractivity (Wildman–Crippen MR) is 77.1 cm³/mol. The maximum Gasteiger partial charge on any atom is 0.00698 e. The van der Waals surface area contributed by atoms with Crippen molar-refractivity contribution in [2.75, 3.05) is 0 Å². The van der Waals surface area contributed by atoms with Crippen molar-refractivity contribution in [3.8, 4) is 0 Å². The van der Waals surface area contributed by atoms with Gasteiger partial charge in [-0.15, -0.1) is 0 Å². The molecular formula is C16H33N. The first-order valence-corrected chi connectivity index (χ1v) is 8.05. The lowest BCUT2D eigenvalue weighted by Gasteiger charge is -2.35. The molecule has 3 unspecified atom stereocenters. The summed E-state index contributed by atoms with van der Waals surface area (Å²) in [5.41, 5.74) is 6.43. The van der Waals surface area contributed by atoms with Gasteiger partial charge in [0.2, 0.25) is 0 Å². The van der Waals surface area contributed by atoms with E-state index in [4.69, 9.17) is 5.73 Å². The summed E-state index contributed by atoms with van der Waals surface area (Å²) in [7, 11) is 0. The van der Waals surface area contributed by atoms with Crippen LogP contribution in [0.3, 0.4) is 0 Å². The zero-order valence-electron chi connectivity index (χ0n) is 12.1. The summed E-state index contributed by atoms with van der Waals surface area (Å²) in [6.45, 7) is 4.62. The fourth-order valence-corrected chi connectivity index (χ4v) is 3.50. The topological polar surface area (TPSA) is 26.0 Å². The predicted octanol–water partition coefficient (Wildman–Crippen LogP) is 4.89. The molecule has 0 aromatic heterocycles. The van der Waals surface area contributed by atoms with Crippen molar-refractivity contribution in [3.63, 3.8) is 0 Å². The third kappa shape index (κ3) is 5.42. The Hall–Kier alpha value is -0.0400. The van der Waals surface area contributed by atoms with Crippen molar-refractivity contribution >= 4 is 0 Å². The maximum atomic E-state index is 6.43. The van der Waals surface area contributed by atoms with Crippen molar-refractivity contribution in [1.82, 2.24) is 0 Å². The summed E-state index contributed by atoms with van der Waals surface area (Å²) in [5.74, 6) is 1.76. The molecule has 0 heterocycles. The lowest BCUT2D eigenvalue weighted by molar-refractivity contribution is 0.188. The molecule has 102 valence electrons. The van der Waals surface area contributed by atoms with Crippen LogP contribution in [0.2, 0.25) is 0 Å². The Morgan fingerprint density at radius 2 is 1.71 bits per heavy atom. The highest BCUT2D eigenvalue weighted by molar-refractivity contribution is 4.82. The third-order valence-corrected chi connectivity index (χ3v) is 4.68. The summed E-state index contributed by atoms with van der Waals surface area (Å²) in [6.07, 6.45) is 15.2. The van der Waals surface area contributed by atoms with Gasteiger partial charge in [0.1, 0.15) is 0 Å². The first kappa shape index (κ1) is 15.0. The smallest absolute Gasteiger partial charge is 0.00698 e.